The van der Waals surface area contributed by atoms with Gasteiger partial charge in [-0.15, -0.1) is 0 Å². The molecular formula is C45H72O16. The maximum atomic E-state index is 13.2. The van der Waals surface area contributed by atoms with E-state index in [2.05, 4.69) is 54.5 Å². The Morgan fingerprint density at radius 3 is 1.80 bits per heavy atom. The maximum Gasteiger partial charge on any atom is 0.312 e. The fraction of sp³-hybridized carbons (Fsp3) is 0.933. The Bertz CT molecular complexity index is 1670. The number of aliphatic hydroxyl groups excluding tert-OH is 8. The lowest BCUT2D eigenvalue weighted by atomic mass is 9.33. The summed E-state index contributed by atoms with van der Waals surface area (Å²) in [6, 6.07) is 0. The van der Waals surface area contributed by atoms with Gasteiger partial charge in [0, 0.05) is 0 Å². The molecule has 16 heteroatoms. The zero-order valence-electron chi connectivity index (χ0n) is 36.8. The Hall–Kier alpha value is -1.35. The van der Waals surface area contributed by atoms with Crippen LogP contribution in [-0.2, 0) is 33.2 Å². The fourth-order valence-corrected chi connectivity index (χ4v) is 14.4. The van der Waals surface area contributed by atoms with Crippen LogP contribution in [-0.4, -0.2) is 158 Å². The second kappa shape index (κ2) is 15.9. The third kappa shape index (κ3) is 7.11. The van der Waals surface area contributed by atoms with Gasteiger partial charge >= 0.3 is 5.97 Å². The van der Waals surface area contributed by atoms with Crippen LogP contribution in [0.4, 0.5) is 0 Å². The van der Waals surface area contributed by atoms with Gasteiger partial charge in [0.1, 0.15) is 60.4 Å². The quantitative estimate of drug-likeness (QED) is 0.130. The van der Waals surface area contributed by atoms with Gasteiger partial charge in [-0.1, -0.05) is 60.1 Å². The Kier molecular flexibility index (Phi) is 12.1. The van der Waals surface area contributed by atoms with Crippen molar-refractivity contribution in [3.05, 3.63) is 11.6 Å². The average molecular weight is 869 g/mol. The van der Waals surface area contributed by atoms with Crippen molar-refractivity contribution in [3.63, 3.8) is 0 Å². The van der Waals surface area contributed by atoms with Crippen molar-refractivity contribution in [1.82, 2.24) is 0 Å². The highest BCUT2D eigenvalue weighted by Gasteiger charge is 2.71. The second-order valence-electron chi connectivity index (χ2n) is 22.2. The van der Waals surface area contributed by atoms with Crippen LogP contribution in [0.3, 0.4) is 0 Å². The van der Waals surface area contributed by atoms with E-state index in [0.717, 1.165) is 38.5 Å². The predicted octanol–water partition coefficient (Wildman–Crippen LogP) is 1.59. The SMILES string of the molecule is CC1(C)CCC2(C(=O)O)C(O)CC3(C)C(=CCC4C5(C)CCC(OC6OCC(O)C(O)C6OC6OCC(O)C(O)C6OC6OCC(O)C(O)C6O)C(C)(C)C5CCC43C)C2C1. The van der Waals surface area contributed by atoms with Crippen LogP contribution in [0.15, 0.2) is 11.6 Å². The van der Waals surface area contributed by atoms with Crippen molar-refractivity contribution < 1.29 is 79.2 Å². The summed E-state index contributed by atoms with van der Waals surface area (Å²) < 4.78 is 36.1. The lowest BCUT2D eigenvalue weighted by Gasteiger charge is -2.71. The molecule has 3 heterocycles. The summed E-state index contributed by atoms with van der Waals surface area (Å²) in [7, 11) is 0. The summed E-state index contributed by atoms with van der Waals surface area (Å²) in [4.78, 5) is 13.2. The molecule has 5 aliphatic carbocycles. The van der Waals surface area contributed by atoms with E-state index in [1.54, 1.807) is 0 Å². The van der Waals surface area contributed by atoms with Crippen LogP contribution >= 0.6 is 0 Å². The monoisotopic (exact) mass is 868 g/mol. The number of fused-ring (bicyclic) bond motifs is 7. The van der Waals surface area contributed by atoms with Gasteiger partial charge in [-0.3, -0.25) is 4.79 Å². The lowest BCUT2D eigenvalue weighted by Crippen LogP contribution is -2.68. The number of carboxylic acids is 1. The molecule has 8 rings (SSSR count). The molecule has 0 spiro atoms. The number of rotatable bonds is 7. The Morgan fingerprint density at radius 1 is 0.639 bits per heavy atom. The molecule has 348 valence electrons. The summed E-state index contributed by atoms with van der Waals surface area (Å²) in [5.41, 5.74) is -1.10. The van der Waals surface area contributed by atoms with E-state index in [4.69, 9.17) is 28.4 Å². The normalized spacial score (nSPS) is 54.3. The van der Waals surface area contributed by atoms with Crippen molar-refractivity contribution in [2.45, 2.75) is 192 Å². The second-order valence-corrected chi connectivity index (χ2v) is 22.2. The average Bonchev–Trinajstić information content (AvgIpc) is 3.18. The van der Waals surface area contributed by atoms with Gasteiger partial charge < -0.3 is 74.4 Å². The number of carbonyl (C=O) groups is 1. The van der Waals surface area contributed by atoms with E-state index in [1.165, 1.54) is 5.57 Å². The first-order valence-electron chi connectivity index (χ1n) is 22.6. The molecule has 3 saturated heterocycles. The van der Waals surface area contributed by atoms with E-state index < -0.39 is 96.7 Å². The van der Waals surface area contributed by atoms with E-state index >= 15 is 0 Å². The van der Waals surface area contributed by atoms with Crippen molar-refractivity contribution >= 4 is 5.97 Å². The predicted molar refractivity (Wildman–Crippen MR) is 214 cm³/mol. The molecule has 4 saturated carbocycles. The van der Waals surface area contributed by atoms with Crippen molar-refractivity contribution in [1.29, 1.82) is 0 Å². The minimum atomic E-state index is -1.71. The number of carboxylic acid groups (broad SMARTS) is 1. The van der Waals surface area contributed by atoms with Crippen LogP contribution in [0.2, 0.25) is 0 Å². The van der Waals surface area contributed by atoms with Gasteiger partial charge in [0.15, 0.2) is 18.9 Å². The number of aliphatic hydroxyl groups is 8. The number of hydrogen-bond donors (Lipinski definition) is 9. The smallest absolute Gasteiger partial charge is 0.312 e. The molecule has 7 fully saturated rings. The summed E-state index contributed by atoms with van der Waals surface area (Å²) >= 11 is 0. The molecule has 21 unspecified atom stereocenters. The minimum Gasteiger partial charge on any atom is -0.481 e. The topological polar surface area (TPSA) is 255 Å². The van der Waals surface area contributed by atoms with E-state index in [9.17, 15) is 50.8 Å². The maximum absolute atomic E-state index is 13.2. The highest BCUT2D eigenvalue weighted by molar-refractivity contribution is 5.77. The number of ether oxygens (including phenoxy) is 6. The first-order chi connectivity index (χ1) is 28.4. The van der Waals surface area contributed by atoms with Crippen LogP contribution in [0.1, 0.15) is 106 Å². The molecule has 8 aliphatic rings. The third-order valence-electron chi connectivity index (χ3n) is 18.2. The van der Waals surface area contributed by atoms with Crippen LogP contribution in [0.5, 0.6) is 0 Å². The van der Waals surface area contributed by atoms with Gasteiger partial charge in [-0.25, -0.2) is 0 Å². The van der Waals surface area contributed by atoms with Crippen molar-refractivity contribution in [2.75, 3.05) is 19.8 Å². The van der Waals surface area contributed by atoms with Gasteiger partial charge in [0.2, 0.25) is 0 Å². The molecule has 0 bridgehead atoms. The number of aliphatic carboxylic acids is 1. The molecule has 16 nitrogen and oxygen atoms in total. The molecule has 0 aromatic carbocycles. The van der Waals surface area contributed by atoms with Crippen LogP contribution < -0.4 is 0 Å². The standard InChI is InChI=1S/C45H72O16/c1-40(2)14-15-45(39(54)55)22(16-40)21-8-9-27-42(5)12-11-29(41(3,4)26(42)10-13-43(27,6)44(21,7)17-28(45)49)59-37-34(31(51)24(47)19-57-37)61-38-35(32(52)25(48)20-58-38)60-36-33(53)30(50)23(46)18-56-36/h8,22-38,46-53H,9-20H2,1-7H3,(H,54,55). The zero-order chi connectivity index (χ0) is 44.4. The number of hydrogen-bond acceptors (Lipinski definition) is 15. The largest absolute Gasteiger partial charge is 0.481 e. The molecular weight excluding hydrogens is 796 g/mol. The highest BCUT2D eigenvalue weighted by atomic mass is 16.8. The van der Waals surface area contributed by atoms with Gasteiger partial charge in [-0.05, 0) is 103 Å². The fourth-order valence-electron chi connectivity index (χ4n) is 14.4. The molecule has 0 aromatic rings. The molecule has 0 amide bonds. The van der Waals surface area contributed by atoms with E-state index in [0.29, 0.717) is 19.3 Å². The van der Waals surface area contributed by atoms with E-state index in [-0.39, 0.29) is 65.3 Å². The van der Waals surface area contributed by atoms with Crippen molar-refractivity contribution in [3.8, 4) is 0 Å². The Morgan fingerprint density at radius 2 is 1.20 bits per heavy atom. The molecule has 3 aliphatic heterocycles. The van der Waals surface area contributed by atoms with Crippen LogP contribution in [0.25, 0.3) is 0 Å². The lowest BCUT2D eigenvalue weighted by molar-refractivity contribution is -0.378. The molecule has 0 radical (unpaired) electrons. The summed E-state index contributed by atoms with van der Waals surface area (Å²) in [5.74, 6) is -0.656. The first-order valence-corrected chi connectivity index (χ1v) is 22.6. The van der Waals surface area contributed by atoms with E-state index in [1.807, 2.05) is 0 Å². The summed E-state index contributed by atoms with van der Waals surface area (Å²) in [5, 5.41) is 97.2. The molecule has 9 N–H and O–H groups in total. The van der Waals surface area contributed by atoms with Gasteiger partial charge in [-0.2, -0.15) is 0 Å². The summed E-state index contributed by atoms with van der Waals surface area (Å²) in [6.07, 6.45) is -10.1. The van der Waals surface area contributed by atoms with Crippen LogP contribution in [0, 0.1) is 50.2 Å². The highest BCUT2D eigenvalue weighted by Crippen LogP contribution is 2.76. The van der Waals surface area contributed by atoms with Gasteiger partial charge in [0.05, 0.1) is 32.0 Å². The number of allylic oxidation sites excluding steroid dienone is 2. The minimum absolute atomic E-state index is 0.0294. The van der Waals surface area contributed by atoms with Crippen molar-refractivity contribution in [2.24, 2.45) is 50.2 Å². The third-order valence-corrected chi connectivity index (χ3v) is 18.2. The molecule has 0 aromatic heterocycles. The van der Waals surface area contributed by atoms with Gasteiger partial charge in [0.25, 0.3) is 0 Å². The zero-order valence-corrected chi connectivity index (χ0v) is 36.8. The Balaban J connectivity index is 1.02. The Labute approximate surface area is 358 Å². The summed E-state index contributed by atoms with van der Waals surface area (Å²) in [6.45, 7) is 15.0. The molecule has 21 atom stereocenters. The molecule has 61 heavy (non-hydrogen) atoms. The first kappa shape index (κ1) is 46.2.